The van der Waals surface area contributed by atoms with Crippen LogP contribution in [0.15, 0.2) is 71.1 Å². The minimum Gasteiger partial charge on any atom is -0.484 e. The van der Waals surface area contributed by atoms with E-state index in [0.717, 1.165) is 28.5 Å². The number of benzene rings is 3. The van der Waals surface area contributed by atoms with Crippen molar-refractivity contribution < 1.29 is 22.7 Å². The Kier molecular flexibility index (Phi) is 6.61. The van der Waals surface area contributed by atoms with Gasteiger partial charge in [-0.05, 0) is 40.6 Å². The minimum atomic E-state index is -4.35. The number of aromatic nitrogens is 2. The molecule has 0 atom stereocenters. The van der Waals surface area contributed by atoms with Crippen LogP contribution in [0.25, 0.3) is 10.8 Å². The van der Waals surface area contributed by atoms with Crippen molar-refractivity contribution in [1.29, 1.82) is 0 Å². The number of thioether (sulfide) groups is 1. The number of carbonyl (C=O) groups excluding carboxylic acids is 1. The summed E-state index contributed by atoms with van der Waals surface area (Å²) in [4.78, 5) is 12.2. The maximum absolute atomic E-state index is 12.6. The molecule has 10 heteroatoms. The molecule has 5 nitrogen and oxygen atoms in total. The van der Waals surface area contributed by atoms with Gasteiger partial charge in [0.25, 0.3) is 5.91 Å². The third kappa shape index (κ3) is 5.77. The van der Waals surface area contributed by atoms with Crippen molar-refractivity contribution in [2.24, 2.45) is 0 Å². The third-order valence-electron chi connectivity index (χ3n) is 4.39. The molecule has 1 heterocycles. The number of nitrogens with zero attached hydrogens (tertiary/aromatic N) is 2. The quantitative estimate of drug-likeness (QED) is 0.262. The molecule has 0 saturated carbocycles. The lowest BCUT2D eigenvalue weighted by Crippen LogP contribution is -2.20. The second-order valence-corrected chi connectivity index (χ2v) is 8.90. The Labute approximate surface area is 189 Å². The highest BCUT2D eigenvalue weighted by Gasteiger charge is 2.29. The summed E-state index contributed by atoms with van der Waals surface area (Å²) in [5.41, 5.74) is 0.0469. The Bertz CT molecular complexity index is 1230. The standard InChI is InChI=1S/C22H16F3N3O2S2/c23-22(24,25)17-8-5-14(6-9-17)13-31-21-28-27-20(32-21)26-19(29)12-30-18-10-7-15-3-1-2-4-16(15)11-18/h1-11H,12-13H2,(H,26,27,29). The molecule has 0 saturated heterocycles. The molecule has 1 amide bonds. The van der Waals surface area contributed by atoms with Gasteiger partial charge in [-0.25, -0.2) is 0 Å². The predicted molar refractivity (Wildman–Crippen MR) is 119 cm³/mol. The van der Waals surface area contributed by atoms with Crippen molar-refractivity contribution in [3.63, 3.8) is 0 Å². The Morgan fingerprint density at radius 2 is 1.75 bits per heavy atom. The number of alkyl halides is 3. The van der Waals surface area contributed by atoms with Gasteiger partial charge < -0.3 is 4.74 Å². The van der Waals surface area contributed by atoms with Gasteiger partial charge in [-0.15, -0.1) is 10.2 Å². The summed E-state index contributed by atoms with van der Waals surface area (Å²) in [5.74, 6) is 0.656. The highest BCUT2D eigenvalue weighted by molar-refractivity contribution is 8.00. The maximum atomic E-state index is 12.6. The average Bonchev–Trinajstić information content (AvgIpc) is 3.23. The van der Waals surface area contributed by atoms with Crippen molar-refractivity contribution in [2.75, 3.05) is 11.9 Å². The van der Waals surface area contributed by atoms with Gasteiger partial charge in [-0.1, -0.05) is 65.6 Å². The number of amides is 1. The van der Waals surface area contributed by atoms with Crippen molar-refractivity contribution in [1.82, 2.24) is 10.2 Å². The lowest BCUT2D eigenvalue weighted by Gasteiger charge is -2.07. The van der Waals surface area contributed by atoms with Crippen LogP contribution in [0.2, 0.25) is 0 Å². The monoisotopic (exact) mass is 475 g/mol. The van der Waals surface area contributed by atoms with E-state index in [1.54, 1.807) is 6.07 Å². The zero-order valence-electron chi connectivity index (χ0n) is 16.4. The van der Waals surface area contributed by atoms with Crippen molar-refractivity contribution in [3.8, 4) is 5.75 Å². The Morgan fingerprint density at radius 3 is 2.50 bits per heavy atom. The number of anilines is 1. The minimum absolute atomic E-state index is 0.175. The summed E-state index contributed by atoms with van der Waals surface area (Å²) in [6.07, 6.45) is -4.35. The zero-order valence-corrected chi connectivity index (χ0v) is 18.1. The fourth-order valence-corrected chi connectivity index (χ4v) is 4.54. The molecule has 3 aromatic carbocycles. The van der Waals surface area contributed by atoms with Gasteiger partial charge in [0, 0.05) is 5.75 Å². The van der Waals surface area contributed by atoms with Crippen LogP contribution in [0, 0.1) is 0 Å². The maximum Gasteiger partial charge on any atom is 0.416 e. The van der Waals surface area contributed by atoms with E-state index >= 15 is 0 Å². The lowest BCUT2D eigenvalue weighted by atomic mass is 10.1. The Hall–Kier alpha value is -3.11. The van der Waals surface area contributed by atoms with Gasteiger partial charge in [0.2, 0.25) is 5.13 Å². The summed E-state index contributed by atoms with van der Waals surface area (Å²) >= 11 is 2.51. The molecular formula is C22H16F3N3O2S2. The molecule has 0 aliphatic heterocycles. The molecule has 4 aromatic rings. The number of rotatable bonds is 7. The van der Waals surface area contributed by atoms with E-state index in [9.17, 15) is 18.0 Å². The first-order valence-electron chi connectivity index (χ1n) is 9.41. The normalized spacial score (nSPS) is 11.5. The number of hydrogen-bond donors (Lipinski definition) is 1. The molecule has 0 bridgehead atoms. The van der Waals surface area contributed by atoms with E-state index in [4.69, 9.17) is 4.74 Å². The molecule has 0 aliphatic rings. The van der Waals surface area contributed by atoms with Crippen LogP contribution in [0.4, 0.5) is 18.3 Å². The van der Waals surface area contributed by atoms with Crippen molar-refractivity contribution in [3.05, 3.63) is 77.9 Å². The molecule has 0 unspecified atom stereocenters. The molecule has 0 fully saturated rings. The number of ether oxygens (including phenoxy) is 1. The number of halogens is 3. The predicted octanol–water partition coefficient (Wildman–Crippen LogP) is 6.02. The highest BCUT2D eigenvalue weighted by atomic mass is 32.2. The number of fused-ring (bicyclic) bond motifs is 1. The summed E-state index contributed by atoms with van der Waals surface area (Å²) in [6.45, 7) is -0.175. The van der Waals surface area contributed by atoms with E-state index in [0.29, 0.717) is 21.0 Å². The molecule has 4 rings (SSSR count). The Balaban J connectivity index is 1.26. The lowest BCUT2D eigenvalue weighted by molar-refractivity contribution is -0.137. The van der Waals surface area contributed by atoms with Gasteiger partial charge in [-0.2, -0.15) is 13.2 Å². The fraction of sp³-hybridized carbons (Fsp3) is 0.136. The fourth-order valence-electron chi connectivity index (χ4n) is 2.82. The zero-order chi connectivity index (χ0) is 22.6. The van der Waals surface area contributed by atoms with Crippen molar-refractivity contribution in [2.45, 2.75) is 16.3 Å². The highest BCUT2D eigenvalue weighted by Crippen LogP contribution is 2.31. The molecule has 0 spiro atoms. The van der Waals surface area contributed by atoms with Crippen LogP contribution in [-0.2, 0) is 16.7 Å². The van der Waals surface area contributed by atoms with Gasteiger partial charge >= 0.3 is 6.18 Å². The molecule has 1 aromatic heterocycles. The van der Waals surface area contributed by atoms with E-state index in [-0.39, 0.29) is 12.5 Å². The van der Waals surface area contributed by atoms with Crippen LogP contribution in [0.1, 0.15) is 11.1 Å². The van der Waals surface area contributed by atoms with Crippen LogP contribution >= 0.6 is 23.1 Å². The second-order valence-electron chi connectivity index (χ2n) is 6.70. The second kappa shape index (κ2) is 9.58. The first-order valence-corrected chi connectivity index (χ1v) is 11.2. The largest absolute Gasteiger partial charge is 0.484 e. The van der Waals surface area contributed by atoms with E-state index in [1.165, 1.54) is 35.2 Å². The molecule has 164 valence electrons. The summed E-state index contributed by atoms with van der Waals surface area (Å²) in [6, 6.07) is 18.4. The average molecular weight is 476 g/mol. The van der Waals surface area contributed by atoms with Gasteiger partial charge in [0.15, 0.2) is 10.9 Å². The van der Waals surface area contributed by atoms with Gasteiger partial charge in [0.05, 0.1) is 5.56 Å². The summed E-state index contributed by atoms with van der Waals surface area (Å²) in [7, 11) is 0. The Morgan fingerprint density at radius 1 is 1.00 bits per heavy atom. The number of carbonyl (C=O) groups is 1. The topological polar surface area (TPSA) is 64.1 Å². The first-order chi connectivity index (χ1) is 15.4. The molecule has 1 N–H and O–H groups in total. The van der Waals surface area contributed by atoms with E-state index in [2.05, 4.69) is 15.5 Å². The third-order valence-corrected chi connectivity index (χ3v) is 6.43. The van der Waals surface area contributed by atoms with E-state index in [1.807, 2.05) is 36.4 Å². The number of hydrogen-bond acceptors (Lipinski definition) is 6. The summed E-state index contributed by atoms with van der Waals surface area (Å²) < 4.78 is 44.0. The molecule has 32 heavy (non-hydrogen) atoms. The van der Waals surface area contributed by atoms with Crippen LogP contribution < -0.4 is 10.1 Å². The molecular weight excluding hydrogens is 459 g/mol. The SMILES string of the molecule is O=C(COc1ccc2ccccc2c1)Nc1nnc(SCc2ccc(C(F)(F)F)cc2)s1. The van der Waals surface area contributed by atoms with Gasteiger partial charge in [-0.3, -0.25) is 10.1 Å². The van der Waals surface area contributed by atoms with Crippen molar-refractivity contribution >= 4 is 44.9 Å². The van der Waals surface area contributed by atoms with Crippen LogP contribution in [0.3, 0.4) is 0 Å². The smallest absolute Gasteiger partial charge is 0.416 e. The summed E-state index contributed by atoms with van der Waals surface area (Å²) in [5, 5.41) is 13.0. The first kappa shape index (κ1) is 22.1. The molecule has 0 radical (unpaired) electrons. The van der Waals surface area contributed by atoms with Crippen LogP contribution in [-0.4, -0.2) is 22.7 Å². The number of nitrogens with one attached hydrogen (secondary N) is 1. The van der Waals surface area contributed by atoms with Gasteiger partial charge in [0.1, 0.15) is 5.75 Å². The molecule has 0 aliphatic carbocycles. The van der Waals surface area contributed by atoms with E-state index < -0.39 is 11.7 Å². The van der Waals surface area contributed by atoms with Crippen LogP contribution in [0.5, 0.6) is 5.75 Å².